The van der Waals surface area contributed by atoms with Crippen LogP contribution >= 0.6 is 11.6 Å². The maximum Gasteiger partial charge on any atom is 0.407 e. The van der Waals surface area contributed by atoms with Gasteiger partial charge in [-0.15, -0.1) is 0 Å². The SMILES string of the molecule is COC(=O)NCC(=O)Nc1ccccc1CC[C@H]1CNC[C@@H](CS(=O)(=O)c2ccc(Cl)cc2)O1. The van der Waals surface area contributed by atoms with Crippen molar-refractivity contribution in [1.29, 1.82) is 0 Å². The first kappa shape index (κ1) is 26.0. The van der Waals surface area contributed by atoms with Crippen LogP contribution in [0, 0.1) is 0 Å². The van der Waals surface area contributed by atoms with Crippen molar-refractivity contribution in [2.75, 3.05) is 37.8 Å². The minimum Gasteiger partial charge on any atom is -0.453 e. The van der Waals surface area contributed by atoms with Gasteiger partial charge in [0.1, 0.15) is 6.54 Å². The van der Waals surface area contributed by atoms with Crippen molar-refractivity contribution in [1.82, 2.24) is 10.6 Å². The number of sulfone groups is 1. The van der Waals surface area contributed by atoms with E-state index in [2.05, 4.69) is 20.7 Å². The Morgan fingerprint density at radius 3 is 2.56 bits per heavy atom. The Kier molecular flexibility index (Phi) is 9.28. The second-order valence-corrected chi connectivity index (χ2v) is 10.3. The summed E-state index contributed by atoms with van der Waals surface area (Å²) in [6.45, 7) is 0.846. The molecule has 1 saturated heterocycles. The van der Waals surface area contributed by atoms with E-state index in [0.29, 0.717) is 36.6 Å². The van der Waals surface area contributed by atoms with Crippen molar-refractivity contribution in [2.24, 2.45) is 0 Å². The summed E-state index contributed by atoms with van der Waals surface area (Å²) in [4.78, 5) is 23.5. The third-order valence-electron chi connectivity index (χ3n) is 5.31. The molecule has 0 bridgehead atoms. The number of ether oxygens (including phenoxy) is 2. The molecule has 184 valence electrons. The number of amides is 2. The topological polar surface area (TPSA) is 123 Å². The van der Waals surface area contributed by atoms with Crippen molar-refractivity contribution >= 4 is 39.1 Å². The van der Waals surface area contributed by atoms with Crippen LogP contribution in [0.15, 0.2) is 53.4 Å². The van der Waals surface area contributed by atoms with Gasteiger partial charge in [0.2, 0.25) is 5.91 Å². The highest BCUT2D eigenvalue weighted by atomic mass is 35.5. The van der Waals surface area contributed by atoms with Gasteiger partial charge in [0.05, 0.1) is 30.0 Å². The lowest BCUT2D eigenvalue weighted by Crippen LogP contribution is -2.47. The number of morpholine rings is 1. The van der Waals surface area contributed by atoms with Gasteiger partial charge in [0, 0.05) is 23.8 Å². The fraction of sp³-hybridized carbons (Fsp3) is 0.391. The quantitative estimate of drug-likeness (QED) is 0.474. The lowest BCUT2D eigenvalue weighted by atomic mass is 10.0. The molecule has 1 aliphatic heterocycles. The van der Waals surface area contributed by atoms with Gasteiger partial charge in [-0.1, -0.05) is 29.8 Å². The molecule has 3 N–H and O–H groups in total. The minimum absolute atomic E-state index is 0.127. The second-order valence-electron chi connectivity index (χ2n) is 7.86. The molecule has 0 aromatic heterocycles. The predicted octanol–water partition coefficient (Wildman–Crippen LogP) is 2.40. The first-order valence-electron chi connectivity index (χ1n) is 10.8. The maximum atomic E-state index is 12.7. The van der Waals surface area contributed by atoms with Crippen molar-refractivity contribution in [3.63, 3.8) is 0 Å². The Bertz CT molecular complexity index is 1090. The van der Waals surface area contributed by atoms with E-state index in [4.69, 9.17) is 16.3 Å². The molecular formula is C23H28ClN3O6S. The molecule has 2 amide bonds. The molecule has 2 aromatic carbocycles. The molecule has 34 heavy (non-hydrogen) atoms. The zero-order chi connectivity index (χ0) is 24.6. The van der Waals surface area contributed by atoms with Crippen LogP contribution < -0.4 is 16.0 Å². The van der Waals surface area contributed by atoms with Gasteiger partial charge in [0.15, 0.2) is 9.84 Å². The number of benzene rings is 2. The van der Waals surface area contributed by atoms with Gasteiger partial charge in [-0.25, -0.2) is 13.2 Å². The molecule has 2 aromatic rings. The fourth-order valence-electron chi connectivity index (χ4n) is 3.62. The van der Waals surface area contributed by atoms with Gasteiger partial charge in [-0.2, -0.15) is 0 Å². The molecular weight excluding hydrogens is 482 g/mol. The minimum atomic E-state index is -3.51. The van der Waals surface area contributed by atoms with E-state index in [9.17, 15) is 18.0 Å². The lowest BCUT2D eigenvalue weighted by Gasteiger charge is -2.31. The first-order chi connectivity index (χ1) is 16.3. The van der Waals surface area contributed by atoms with Crippen molar-refractivity contribution < 1.29 is 27.5 Å². The van der Waals surface area contributed by atoms with Crippen LogP contribution in [0.1, 0.15) is 12.0 Å². The van der Waals surface area contributed by atoms with Crippen LogP contribution in [-0.2, 0) is 30.5 Å². The molecule has 0 radical (unpaired) electrons. The van der Waals surface area contributed by atoms with Crippen LogP contribution in [0.2, 0.25) is 5.02 Å². The maximum absolute atomic E-state index is 12.7. The number of halogens is 1. The van der Waals surface area contributed by atoms with Gasteiger partial charge in [0.25, 0.3) is 0 Å². The Morgan fingerprint density at radius 2 is 1.82 bits per heavy atom. The summed E-state index contributed by atoms with van der Waals surface area (Å²) in [6, 6.07) is 13.5. The summed E-state index contributed by atoms with van der Waals surface area (Å²) in [6.07, 6.45) is -0.0810. The van der Waals surface area contributed by atoms with E-state index < -0.39 is 22.0 Å². The molecule has 11 heteroatoms. The van der Waals surface area contributed by atoms with Gasteiger partial charge >= 0.3 is 6.09 Å². The fourth-order valence-corrected chi connectivity index (χ4v) is 5.18. The third-order valence-corrected chi connectivity index (χ3v) is 7.37. The van der Waals surface area contributed by atoms with Gasteiger partial charge in [-0.3, -0.25) is 4.79 Å². The normalized spacial score (nSPS) is 18.2. The number of hydrogen-bond acceptors (Lipinski definition) is 7. The van der Waals surface area contributed by atoms with Crippen LogP contribution in [0.4, 0.5) is 10.5 Å². The van der Waals surface area contributed by atoms with Crippen molar-refractivity contribution in [3.05, 3.63) is 59.1 Å². The second kappa shape index (κ2) is 12.2. The van der Waals surface area contributed by atoms with Crippen LogP contribution in [0.25, 0.3) is 0 Å². The molecule has 3 rings (SSSR count). The average molecular weight is 510 g/mol. The number of carbonyl (C=O) groups excluding carboxylic acids is 2. The molecule has 0 spiro atoms. The zero-order valence-corrected chi connectivity index (χ0v) is 20.3. The first-order valence-corrected chi connectivity index (χ1v) is 12.8. The van der Waals surface area contributed by atoms with E-state index >= 15 is 0 Å². The number of para-hydroxylation sites is 1. The molecule has 2 atom stereocenters. The average Bonchev–Trinajstić information content (AvgIpc) is 2.82. The summed E-state index contributed by atoms with van der Waals surface area (Å²) in [5, 5.41) is 8.85. The van der Waals surface area contributed by atoms with Crippen molar-refractivity contribution in [2.45, 2.75) is 29.9 Å². The monoisotopic (exact) mass is 509 g/mol. The van der Waals surface area contributed by atoms with Crippen molar-refractivity contribution in [3.8, 4) is 0 Å². The summed E-state index contributed by atoms with van der Waals surface area (Å²) in [5.41, 5.74) is 1.55. The van der Waals surface area contributed by atoms with E-state index in [-0.39, 0.29) is 29.2 Å². The molecule has 1 aliphatic rings. The number of aryl methyl sites for hydroxylation is 1. The zero-order valence-electron chi connectivity index (χ0n) is 18.8. The highest BCUT2D eigenvalue weighted by Gasteiger charge is 2.28. The predicted molar refractivity (Wildman–Crippen MR) is 129 cm³/mol. The van der Waals surface area contributed by atoms with E-state index in [1.165, 1.54) is 19.2 Å². The standard InChI is InChI=1S/C23H28ClN3O6S/c1-32-23(29)26-14-22(28)27-21-5-3-2-4-16(21)6-9-18-12-25-13-19(33-18)15-34(30,31)20-10-7-17(24)8-11-20/h2-5,7-8,10-11,18-19,25H,6,9,12-15H2,1H3,(H,26,29)(H,27,28)/t18-,19-/m0/s1. The van der Waals surface area contributed by atoms with E-state index in [1.54, 1.807) is 18.2 Å². The van der Waals surface area contributed by atoms with Crippen LogP contribution in [-0.4, -0.2) is 65.1 Å². The van der Waals surface area contributed by atoms with Gasteiger partial charge < -0.3 is 25.4 Å². The largest absolute Gasteiger partial charge is 0.453 e. The number of alkyl carbamates (subject to hydrolysis) is 1. The number of nitrogens with one attached hydrogen (secondary N) is 3. The number of hydrogen-bond donors (Lipinski definition) is 3. The Balaban J connectivity index is 1.54. The summed E-state index contributed by atoms with van der Waals surface area (Å²) >= 11 is 5.86. The summed E-state index contributed by atoms with van der Waals surface area (Å²) in [5.74, 6) is -0.501. The number of methoxy groups -OCH3 is 1. The number of rotatable bonds is 9. The number of carbonyl (C=O) groups is 2. The molecule has 1 heterocycles. The highest BCUT2D eigenvalue weighted by molar-refractivity contribution is 7.91. The van der Waals surface area contributed by atoms with Crippen LogP contribution in [0.3, 0.4) is 0 Å². The third kappa shape index (κ3) is 7.69. The molecule has 0 unspecified atom stereocenters. The highest BCUT2D eigenvalue weighted by Crippen LogP contribution is 2.21. The summed E-state index contributed by atoms with van der Waals surface area (Å²) < 4.78 is 36.0. The Labute approximate surface area is 204 Å². The smallest absolute Gasteiger partial charge is 0.407 e. The van der Waals surface area contributed by atoms with Crippen LogP contribution in [0.5, 0.6) is 0 Å². The number of anilines is 1. The Hall–Kier alpha value is -2.66. The van der Waals surface area contributed by atoms with E-state index in [0.717, 1.165) is 5.56 Å². The lowest BCUT2D eigenvalue weighted by molar-refractivity contribution is -0.115. The molecule has 1 fully saturated rings. The van der Waals surface area contributed by atoms with E-state index in [1.807, 2.05) is 18.2 Å². The Morgan fingerprint density at radius 1 is 1.12 bits per heavy atom. The van der Waals surface area contributed by atoms with Gasteiger partial charge in [-0.05, 0) is 48.7 Å². The molecule has 0 saturated carbocycles. The molecule has 9 nitrogen and oxygen atoms in total. The molecule has 0 aliphatic carbocycles. The summed E-state index contributed by atoms with van der Waals surface area (Å²) in [7, 11) is -2.29.